The van der Waals surface area contributed by atoms with Crippen LogP contribution < -0.4 is 5.69 Å². The highest BCUT2D eigenvalue weighted by molar-refractivity contribution is 7.05. The van der Waals surface area contributed by atoms with Crippen LogP contribution in [0.15, 0.2) is 29.1 Å². The maximum atomic E-state index is 12.4. The summed E-state index contributed by atoms with van der Waals surface area (Å²) >= 11 is 1.51. The van der Waals surface area contributed by atoms with Crippen LogP contribution in [0.5, 0.6) is 0 Å². The quantitative estimate of drug-likeness (QED) is 0.779. The van der Waals surface area contributed by atoms with Gasteiger partial charge < -0.3 is 4.98 Å². The third-order valence-corrected chi connectivity index (χ3v) is 5.77. The maximum Gasteiger partial charge on any atom is 0.326 e. The Bertz CT molecular complexity index is 917. The second kappa shape index (κ2) is 6.72. The summed E-state index contributed by atoms with van der Waals surface area (Å²) in [5.74, 6) is 0.413. The summed E-state index contributed by atoms with van der Waals surface area (Å²) in [7, 11) is 0. The van der Waals surface area contributed by atoms with Crippen molar-refractivity contribution in [2.45, 2.75) is 45.2 Å². The fourth-order valence-corrected chi connectivity index (χ4v) is 4.58. The summed E-state index contributed by atoms with van der Waals surface area (Å²) in [6.45, 7) is 7.23. The first-order valence-corrected chi connectivity index (χ1v) is 9.63. The molecule has 0 spiro atoms. The molecule has 4 rings (SSSR count). The number of nitrogens with one attached hydrogen (secondary N) is 1. The Morgan fingerprint density at radius 3 is 2.80 bits per heavy atom. The molecule has 0 atom stereocenters. The van der Waals surface area contributed by atoms with Gasteiger partial charge in [0.25, 0.3) is 0 Å². The zero-order chi connectivity index (χ0) is 17.4. The van der Waals surface area contributed by atoms with Gasteiger partial charge in [0.15, 0.2) is 0 Å². The predicted octanol–water partition coefficient (Wildman–Crippen LogP) is 3.14. The number of aromatic amines is 1. The minimum absolute atomic E-state index is 0.00778. The summed E-state index contributed by atoms with van der Waals surface area (Å²) < 4.78 is 6.07. The molecule has 1 saturated heterocycles. The number of likely N-dealkylation sites (tertiary alicyclic amines) is 1. The molecule has 1 fully saturated rings. The van der Waals surface area contributed by atoms with Gasteiger partial charge in [0, 0.05) is 25.7 Å². The number of fused-ring (bicyclic) bond motifs is 1. The first kappa shape index (κ1) is 16.5. The number of hydrogen-bond acceptors (Lipinski definition) is 5. The van der Waals surface area contributed by atoms with Crippen LogP contribution in [-0.4, -0.2) is 37.1 Å². The highest BCUT2D eigenvalue weighted by atomic mass is 32.1. The van der Waals surface area contributed by atoms with Crippen molar-refractivity contribution in [3.8, 4) is 0 Å². The number of hydrogen-bond donors (Lipinski definition) is 1. The topological polar surface area (TPSA) is 66.8 Å². The molecule has 2 aromatic heterocycles. The van der Waals surface area contributed by atoms with E-state index in [1.54, 1.807) is 0 Å². The predicted molar refractivity (Wildman–Crippen MR) is 100 cm³/mol. The summed E-state index contributed by atoms with van der Waals surface area (Å²) in [4.78, 5) is 19.1. The second-order valence-electron chi connectivity index (χ2n) is 7.06. The van der Waals surface area contributed by atoms with E-state index in [2.05, 4.69) is 33.3 Å². The highest BCUT2D eigenvalue weighted by Gasteiger charge is 2.24. The Morgan fingerprint density at radius 1 is 1.28 bits per heavy atom. The lowest BCUT2D eigenvalue weighted by molar-refractivity contribution is 0.180. The fourth-order valence-electron chi connectivity index (χ4n) is 3.74. The highest BCUT2D eigenvalue weighted by Crippen LogP contribution is 2.27. The van der Waals surface area contributed by atoms with Gasteiger partial charge in [-0.25, -0.2) is 4.79 Å². The van der Waals surface area contributed by atoms with E-state index < -0.39 is 0 Å². The van der Waals surface area contributed by atoms with Gasteiger partial charge >= 0.3 is 5.69 Å². The van der Waals surface area contributed by atoms with Crippen molar-refractivity contribution in [3.63, 3.8) is 0 Å². The third-order valence-electron chi connectivity index (χ3n) is 5.05. The van der Waals surface area contributed by atoms with E-state index in [0.717, 1.165) is 49.2 Å². The first-order chi connectivity index (χ1) is 12.1. The smallest absolute Gasteiger partial charge is 0.306 e. The van der Waals surface area contributed by atoms with Crippen molar-refractivity contribution < 1.29 is 0 Å². The molecule has 1 aliphatic rings. The van der Waals surface area contributed by atoms with Crippen molar-refractivity contribution in [3.05, 3.63) is 45.3 Å². The molecule has 0 saturated carbocycles. The number of para-hydroxylation sites is 2. The standard InChI is InChI=1S/C18H23N5OS/c1-12(2)17-16(25-21-20-17)11-22-9-7-13(8-10-22)23-15-6-4-3-5-14(15)19-18(23)24/h3-6,12-13H,7-11H2,1-2H3,(H,19,24). The van der Waals surface area contributed by atoms with Gasteiger partial charge in [-0.2, -0.15) is 0 Å². The van der Waals surface area contributed by atoms with E-state index in [1.165, 1.54) is 16.4 Å². The largest absolute Gasteiger partial charge is 0.326 e. The van der Waals surface area contributed by atoms with E-state index in [4.69, 9.17) is 0 Å². The van der Waals surface area contributed by atoms with Gasteiger partial charge in [0.2, 0.25) is 0 Å². The average molecular weight is 357 g/mol. The third kappa shape index (κ3) is 3.14. The van der Waals surface area contributed by atoms with E-state index in [9.17, 15) is 4.79 Å². The van der Waals surface area contributed by atoms with Crippen LogP contribution in [-0.2, 0) is 6.54 Å². The van der Waals surface area contributed by atoms with Crippen LogP contribution in [0, 0.1) is 0 Å². The summed E-state index contributed by atoms with van der Waals surface area (Å²) in [5, 5.41) is 4.27. The second-order valence-corrected chi connectivity index (χ2v) is 7.90. The number of H-pyrrole nitrogens is 1. The van der Waals surface area contributed by atoms with E-state index in [1.807, 2.05) is 28.8 Å². The van der Waals surface area contributed by atoms with Crippen LogP contribution in [0.25, 0.3) is 11.0 Å². The molecule has 1 aromatic carbocycles. The van der Waals surface area contributed by atoms with Gasteiger partial charge in [0.05, 0.1) is 21.6 Å². The van der Waals surface area contributed by atoms with Gasteiger partial charge in [0.1, 0.15) is 0 Å². The molecule has 0 radical (unpaired) electrons. The number of piperidine rings is 1. The molecule has 7 heteroatoms. The van der Waals surface area contributed by atoms with Crippen molar-refractivity contribution in [1.29, 1.82) is 0 Å². The Labute approximate surface area is 150 Å². The lowest BCUT2D eigenvalue weighted by atomic mass is 10.0. The SMILES string of the molecule is CC(C)c1nnsc1CN1CCC(n2c(=O)[nH]c3ccccc32)CC1. The first-order valence-electron chi connectivity index (χ1n) is 8.86. The summed E-state index contributed by atoms with van der Waals surface area (Å²) in [6.07, 6.45) is 1.98. The van der Waals surface area contributed by atoms with Crippen molar-refractivity contribution >= 4 is 22.6 Å². The van der Waals surface area contributed by atoms with Crippen molar-refractivity contribution in [2.75, 3.05) is 13.1 Å². The van der Waals surface area contributed by atoms with Crippen LogP contribution >= 0.6 is 11.5 Å². The molecule has 3 heterocycles. The molecule has 132 valence electrons. The molecule has 0 unspecified atom stereocenters. The minimum atomic E-state index is 0.00778. The van der Waals surface area contributed by atoms with E-state index in [0.29, 0.717) is 5.92 Å². The van der Waals surface area contributed by atoms with Gasteiger partial charge in [-0.1, -0.05) is 30.5 Å². The number of benzene rings is 1. The summed E-state index contributed by atoms with van der Waals surface area (Å²) in [6, 6.07) is 8.21. The summed E-state index contributed by atoms with van der Waals surface area (Å²) in [5.41, 5.74) is 3.07. The van der Waals surface area contributed by atoms with Gasteiger partial charge in [-0.15, -0.1) is 5.10 Å². The maximum absolute atomic E-state index is 12.4. The molecule has 1 N–H and O–H groups in total. The molecular formula is C18H23N5OS. The van der Waals surface area contributed by atoms with Gasteiger partial charge in [-0.3, -0.25) is 9.47 Å². The normalized spacial score (nSPS) is 16.9. The number of rotatable bonds is 4. The van der Waals surface area contributed by atoms with E-state index >= 15 is 0 Å². The van der Waals surface area contributed by atoms with Crippen molar-refractivity contribution in [1.82, 2.24) is 24.0 Å². The number of imidazole rings is 1. The Kier molecular flexibility index (Phi) is 4.43. The molecule has 25 heavy (non-hydrogen) atoms. The lowest BCUT2D eigenvalue weighted by Gasteiger charge is -2.32. The zero-order valence-electron chi connectivity index (χ0n) is 14.6. The molecule has 6 nitrogen and oxygen atoms in total. The molecule has 1 aliphatic heterocycles. The monoisotopic (exact) mass is 357 g/mol. The fraction of sp³-hybridized carbons (Fsp3) is 0.500. The van der Waals surface area contributed by atoms with Crippen LogP contribution in [0.2, 0.25) is 0 Å². The average Bonchev–Trinajstić information content (AvgIpc) is 3.19. The van der Waals surface area contributed by atoms with Crippen LogP contribution in [0.3, 0.4) is 0 Å². The minimum Gasteiger partial charge on any atom is -0.306 e. The lowest BCUT2D eigenvalue weighted by Crippen LogP contribution is -2.36. The number of nitrogens with zero attached hydrogens (tertiary/aromatic N) is 4. The van der Waals surface area contributed by atoms with Gasteiger partial charge in [-0.05, 0) is 42.4 Å². The Morgan fingerprint density at radius 2 is 2.04 bits per heavy atom. The molecule has 0 amide bonds. The molecule has 0 bridgehead atoms. The zero-order valence-corrected chi connectivity index (χ0v) is 15.4. The molecule has 3 aromatic rings. The Hall–Kier alpha value is -1.99. The van der Waals surface area contributed by atoms with Crippen LogP contribution in [0.1, 0.15) is 49.2 Å². The van der Waals surface area contributed by atoms with Crippen molar-refractivity contribution in [2.24, 2.45) is 0 Å². The van der Waals surface area contributed by atoms with Crippen LogP contribution in [0.4, 0.5) is 0 Å². The molecule has 0 aliphatic carbocycles. The Balaban J connectivity index is 1.47. The van der Waals surface area contributed by atoms with E-state index in [-0.39, 0.29) is 11.7 Å². The molecular weight excluding hydrogens is 334 g/mol. The number of aromatic nitrogens is 4.